The van der Waals surface area contributed by atoms with Gasteiger partial charge in [0, 0.05) is 36.1 Å². The molecule has 2 N–H and O–H groups in total. The summed E-state index contributed by atoms with van der Waals surface area (Å²) in [5, 5.41) is 14.9. The predicted molar refractivity (Wildman–Crippen MR) is 90.3 cm³/mol. The number of aliphatic hydroxyl groups excluding tert-OH is 1. The lowest BCUT2D eigenvalue weighted by Crippen LogP contribution is -2.20. The smallest absolute Gasteiger partial charge is 0.122 e. The van der Waals surface area contributed by atoms with Gasteiger partial charge in [-0.15, -0.1) is 11.3 Å². The van der Waals surface area contributed by atoms with Crippen LogP contribution in [0.4, 0.5) is 0 Å². The molecule has 5 nitrogen and oxygen atoms in total. The van der Waals surface area contributed by atoms with Crippen molar-refractivity contribution >= 4 is 11.3 Å². The van der Waals surface area contributed by atoms with Crippen molar-refractivity contribution in [1.82, 2.24) is 10.3 Å². The highest BCUT2D eigenvalue weighted by molar-refractivity contribution is 7.11. The van der Waals surface area contributed by atoms with Crippen LogP contribution >= 0.6 is 11.3 Å². The lowest BCUT2D eigenvalue weighted by atomic mass is 10.1. The van der Waals surface area contributed by atoms with Crippen molar-refractivity contribution in [2.24, 2.45) is 0 Å². The van der Waals surface area contributed by atoms with Crippen LogP contribution in [0.25, 0.3) is 0 Å². The van der Waals surface area contributed by atoms with E-state index in [1.54, 1.807) is 31.6 Å². The molecule has 0 amide bonds. The molecule has 1 heterocycles. The molecule has 23 heavy (non-hydrogen) atoms. The van der Waals surface area contributed by atoms with E-state index in [-0.39, 0.29) is 0 Å². The Kier molecular flexibility index (Phi) is 5.15. The highest BCUT2D eigenvalue weighted by Crippen LogP contribution is 2.41. The van der Waals surface area contributed by atoms with Gasteiger partial charge in [0.25, 0.3) is 0 Å². The van der Waals surface area contributed by atoms with Gasteiger partial charge >= 0.3 is 0 Å². The molecule has 0 bridgehead atoms. The first-order chi connectivity index (χ1) is 11.2. The first kappa shape index (κ1) is 16.2. The van der Waals surface area contributed by atoms with E-state index in [1.807, 2.05) is 18.3 Å². The van der Waals surface area contributed by atoms with Crippen molar-refractivity contribution in [2.45, 2.75) is 31.4 Å². The van der Waals surface area contributed by atoms with E-state index in [0.29, 0.717) is 24.0 Å². The van der Waals surface area contributed by atoms with Gasteiger partial charge in [-0.3, -0.25) is 0 Å². The number of hydrogen-bond acceptors (Lipinski definition) is 6. The number of hydrogen-bond donors (Lipinski definition) is 2. The number of aromatic nitrogens is 1. The highest BCUT2D eigenvalue weighted by atomic mass is 32.1. The lowest BCUT2D eigenvalue weighted by molar-refractivity contribution is 0.173. The summed E-state index contributed by atoms with van der Waals surface area (Å²) in [7, 11) is 3.20. The summed E-state index contributed by atoms with van der Waals surface area (Å²) in [5.74, 6) is 2.05. The van der Waals surface area contributed by atoms with Crippen molar-refractivity contribution in [3.8, 4) is 11.5 Å². The van der Waals surface area contributed by atoms with Crippen LogP contribution in [0.15, 0.2) is 24.4 Å². The zero-order valence-corrected chi connectivity index (χ0v) is 14.2. The zero-order valence-electron chi connectivity index (χ0n) is 13.4. The normalized spacial score (nSPS) is 15.4. The van der Waals surface area contributed by atoms with Crippen LogP contribution in [-0.2, 0) is 6.54 Å². The summed E-state index contributed by atoms with van der Waals surface area (Å²) in [4.78, 5) is 5.67. The molecule has 1 aliphatic carbocycles. The van der Waals surface area contributed by atoms with Crippen LogP contribution in [-0.4, -0.2) is 30.9 Å². The number of rotatable bonds is 8. The van der Waals surface area contributed by atoms with Crippen LogP contribution in [0.3, 0.4) is 0 Å². The van der Waals surface area contributed by atoms with Gasteiger partial charge in [0.15, 0.2) is 0 Å². The summed E-state index contributed by atoms with van der Waals surface area (Å²) >= 11 is 1.77. The van der Waals surface area contributed by atoms with E-state index >= 15 is 0 Å². The molecular formula is C17H22N2O3S. The molecule has 1 unspecified atom stereocenters. The standard InChI is InChI=1S/C17H22N2O3S/c1-21-13-5-12(6-14(7-13)22-2)16(20)10-18-8-15-9-19-17(23-15)11-3-4-11/h5-7,9,11,16,18,20H,3-4,8,10H2,1-2H3. The first-order valence-electron chi connectivity index (χ1n) is 7.76. The molecule has 3 rings (SSSR count). The Morgan fingerprint density at radius 3 is 2.57 bits per heavy atom. The third-order valence-corrected chi connectivity index (χ3v) is 5.05. The Balaban J connectivity index is 1.54. The second-order valence-corrected chi connectivity index (χ2v) is 6.88. The van der Waals surface area contributed by atoms with Crippen LogP contribution in [0.5, 0.6) is 11.5 Å². The fourth-order valence-corrected chi connectivity index (χ4v) is 3.45. The monoisotopic (exact) mass is 334 g/mol. The summed E-state index contributed by atoms with van der Waals surface area (Å²) in [6.45, 7) is 1.19. The number of ether oxygens (including phenoxy) is 2. The second kappa shape index (κ2) is 7.29. The number of nitrogens with zero attached hydrogens (tertiary/aromatic N) is 1. The molecule has 2 aromatic rings. The van der Waals surface area contributed by atoms with Gasteiger partial charge in [-0.1, -0.05) is 0 Å². The Labute approximate surface area is 140 Å². The summed E-state index contributed by atoms with van der Waals surface area (Å²) in [6.07, 6.45) is 3.87. The summed E-state index contributed by atoms with van der Waals surface area (Å²) < 4.78 is 10.5. The van der Waals surface area contributed by atoms with Gasteiger partial charge in [0.05, 0.1) is 25.3 Å². The topological polar surface area (TPSA) is 63.6 Å². The fourth-order valence-electron chi connectivity index (χ4n) is 2.40. The minimum atomic E-state index is -0.616. The largest absolute Gasteiger partial charge is 0.497 e. The third kappa shape index (κ3) is 4.22. The molecule has 0 aliphatic heterocycles. The molecule has 6 heteroatoms. The predicted octanol–water partition coefficient (Wildman–Crippen LogP) is 2.86. The van der Waals surface area contributed by atoms with Crippen molar-refractivity contribution in [2.75, 3.05) is 20.8 Å². The molecule has 0 spiro atoms. The maximum atomic E-state index is 10.4. The Bertz CT molecular complexity index is 633. The maximum absolute atomic E-state index is 10.4. The average Bonchev–Trinajstić information content (AvgIpc) is 3.33. The van der Waals surface area contributed by atoms with Crippen molar-refractivity contribution in [3.63, 3.8) is 0 Å². The van der Waals surface area contributed by atoms with Gasteiger partial charge in [0.1, 0.15) is 11.5 Å². The van der Waals surface area contributed by atoms with Crippen molar-refractivity contribution in [3.05, 3.63) is 39.8 Å². The van der Waals surface area contributed by atoms with Crippen molar-refractivity contribution in [1.29, 1.82) is 0 Å². The molecule has 124 valence electrons. The Morgan fingerprint density at radius 1 is 1.26 bits per heavy atom. The number of aliphatic hydroxyl groups is 1. The molecule has 1 aromatic heterocycles. The van der Waals surface area contributed by atoms with Crippen LogP contribution < -0.4 is 14.8 Å². The molecule has 1 fully saturated rings. The van der Waals surface area contributed by atoms with Gasteiger partial charge in [0.2, 0.25) is 0 Å². The zero-order chi connectivity index (χ0) is 16.2. The van der Waals surface area contributed by atoms with Gasteiger partial charge in [-0.25, -0.2) is 4.98 Å². The number of methoxy groups -OCH3 is 2. The molecule has 1 saturated carbocycles. The molecule has 1 aromatic carbocycles. The van der Waals surface area contributed by atoms with Crippen LogP contribution in [0.2, 0.25) is 0 Å². The molecular weight excluding hydrogens is 312 g/mol. The molecule has 1 aliphatic rings. The third-order valence-electron chi connectivity index (χ3n) is 3.89. The minimum absolute atomic E-state index is 0.465. The van der Waals surface area contributed by atoms with E-state index in [0.717, 1.165) is 12.1 Å². The maximum Gasteiger partial charge on any atom is 0.122 e. The van der Waals surface area contributed by atoms with E-state index < -0.39 is 6.10 Å². The van der Waals surface area contributed by atoms with E-state index in [9.17, 15) is 5.11 Å². The second-order valence-electron chi connectivity index (χ2n) is 5.73. The molecule has 1 atom stereocenters. The summed E-state index contributed by atoms with van der Waals surface area (Å²) in [6, 6.07) is 5.44. The van der Waals surface area contributed by atoms with Gasteiger partial charge in [-0.05, 0) is 30.5 Å². The van der Waals surface area contributed by atoms with Crippen LogP contribution in [0.1, 0.15) is 40.3 Å². The van der Waals surface area contributed by atoms with E-state index in [2.05, 4.69) is 10.3 Å². The molecule has 0 saturated heterocycles. The van der Waals surface area contributed by atoms with Crippen molar-refractivity contribution < 1.29 is 14.6 Å². The van der Waals surface area contributed by atoms with Crippen LogP contribution in [0, 0.1) is 0 Å². The quantitative estimate of drug-likeness (QED) is 0.777. The average molecular weight is 334 g/mol. The number of nitrogens with one attached hydrogen (secondary N) is 1. The van der Waals surface area contributed by atoms with Gasteiger partial charge in [-0.2, -0.15) is 0 Å². The number of benzene rings is 1. The number of thiazole rings is 1. The Hall–Kier alpha value is -1.63. The van der Waals surface area contributed by atoms with Gasteiger partial charge < -0.3 is 19.9 Å². The minimum Gasteiger partial charge on any atom is -0.497 e. The molecule has 0 radical (unpaired) electrons. The van der Waals surface area contributed by atoms with E-state index in [1.165, 1.54) is 22.7 Å². The fraction of sp³-hybridized carbons (Fsp3) is 0.471. The van der Waals surface area contributed by atoms with E-state index in [4.69, 9.17) is 9.47 Å². The summed E-state index contributed by atoms with van der Waals surface area (Å²) in [5.41, 5.74) is 0.775. The SMILES string of the molecule is COc1cc(OC)cc(C(O)CNCc2cnc(C3CC3)s2)c1. The first-order valence-corrected chi connectivity index (χ1v) is 8.57. The Morgan fingerprint density at radius 2 is 1.96 bits per heavy atom. The highest BCUT2D eigenvalue weighted by Gasteiger charge is 2.26. The lowest BCUT2D eigenvalue weighted by Gasteiger charge is -2.14.